The summed E-state index contributed by atoms with van der Waals surface area (Å²) < 4.78 is 5.11. The quantitative estimate of drug-likeness (QED) is 0.749. The molecule has 17 heavy (non-hydrogen) atoms. The highest BCUT2D eigenvalue weighted by Crippen LogP contribution is 2.17. The van der Waals surface area contributed by atoms with Gasteiger partial charge in [0.15, 0.2) is 5.78 Å². The molecule has 88 valence electrons. The Morgan fingerprint density at radius 1 is 1.18 bits per heavy atom. The highest BCUT2D eigenvalue weighted by Gasteiger charge is 2.10. The fourth-order valence-corrected chi connectivity index (χ4v) is 1.83. The van der Waals surface area contributed by atoms with Gasteiger partial charge in [-0.15, -0.1) is 0 Å². The normalized spacial score (nSPS) is 12.6. The molecular formula is C15H16O2. The van der Waals surface area contributed by atoms with E-state index in [0.29, 0.717) is 6.42 Å². The number of carbonyl (C=O) groups is 1. The molecule has 0 fully saturated rings. The lowest BCUT2D eigenvalue weighted by Crippen LogP contribution is -2.12. The number of hydrogen-bond donors (Lipinski definition) is 0. The van der Waals surface area contributed by atoms with Crippen LogP contribution in [0.2, 0.25) is 0 Å². The Balaban J connectivity index is 2.27. The summed E-state index contributed by atoms with van der Waals surface area (Å²) in [5.74, 6) is 0.130. The van der Waals surface area contributed by atoms with E-state index in [1.807, 2.05) is 49.4 Å². The first kappa shape index (κ1) is 11.8. The van der Waals surface area contributed by atoms with Crippen molar-refractivity contribution in [1.29, 1.82) is 0 Å². The number of rotatable bonds is 4. The number of methoxy groups -OCH3 is 1. The Morgan fingerprint density at radius 2 is 1.88 bits per heavy atom. The lowest BCUT2D eigenvalue weighted by molar-refractivity contribution is 0.0792. The van der Waals surface area contributed by atoms with Gasteiger partial charge >= 0.3 is 0 Å². The van der Waals surface area contributed by atoms with E-state index in [9.17, 15) is 4.79 Å². The van der Waals surface area contributed by atoms with Crippen LogP contribution in [-0.4, -0.2) is 19.0 Å². The van der Waals surface area contributed by atoms with Crippen LogP contribution in [0.15, 0.2) is 42.5 Å². The molecule has 2 heteroatoms. The SMILES string of the molecule is COC(C)CC(=O)c1ccc2ccccc2c1. The van der Waals surface area contributed by atoms with Crippen molar-refractivity contribution in [3.63, 3.8) is 0 Å². The van der Waals surface area contributed by atoms with Gasteiger partial charge in [0.2, 0.25) is 0 Å². The molecule has 2 nitrogen and oxygen atoms in total. The molecule has 0 aliphatic carbocycles. The average Bonchev–Trinajstić information content (AvgIpc) is 2.38. The van der Waals surface area contributed by atoms with Crippen LogP contribution < -0.4 is 0 Å². The second kappa shape index (κ2) is 5.11. The summed E-state index contributed by atoms with van der Waals surface area (Å²) >= 11 is 0. The van der Waals surface area contributed by atoms with Gasteiger partial charge in [0, 0.05) is 19.1 Å². The predicted octanol–water partition coefficient (Wildman–Crippen LogP) is 3.45. The summed E-state index contributed by atoms with van der Waals surface area (Å²) in [5, 5.41) is 2.26. The van der Waals surface area contributed by atoms with E-state index in [0.717, 1.165) is 16.3 Å². The molecule has 0 aliphatic rings. The second-order valence-electron chi connectivity index (χ2n) is 4.24. The molecule has 2 aromatic carbocycles. The molecule has 2 aromatic rings. The Kier molecular flexibility index (Phi) is 3.55. The molecule has 2 rings (SSSR count). The highest BCUT2D eigenvalue weighted by molar-refractivity contribution is 6.00. The first-order valence-corrected chi connectivity index (χ1v) is 5.75. The molecular weight excluding hydrogens is 212 g/mol. The third-order valence-electron chi connectivity index (χ3n) is 2.95. The standard InChI is InChI=1S/C15H16O2/c1-11(17-2)9-15(16)14-8-7-12-5-3-4-6-13(12)10-14/h3-8,10-11H,9H2,1-2H3. The maximum atomic E-state index is 12.0. The van der Waals surface area contributed by atoms with Gasteiger partial charge in [-0.25, -0.2) is 0 Å². The van der Waals surface area contributed by atoms with Crippen LogP contribution in [0.1, 0.15) is 23.7 Å². The molecule has 1 unspecified atom stereocenters. The van der Waals surface area contributed by atoms with E-state index in [4.69, 9.17) is 4.74 Å². The maximum Gasteiger partial charge on any atom is 0.165 e. The van der Waals surface area contributed by atoms with Gasteiger partial charge < -0.3 is 4.74 Å². The fourth-order valence-electron chi connectivity index (χ4n) is 1.83. The van der Waals surface area contributed by atoms with Crippen molar-refractivity contribution in [1.82, 2.24) is 0 Å². The minimum Gasteiger partial charge on any atom is -0.381 e. The highest BCUT2D eigenvalue weighted by atomic mass is 16.5. The van der Waals surface area contributed by atoms with Crippen LogP contribution in [0.5, 0.6) is 0 Å². The molecule has 0 saturated heterocycles. The van der Waals surface area contributed by atoms with E-state index < -0.39 is 0 Å². The van der Waals surface area contributed by atoms with Crippen molar-refractivity contribution in [3.05, 3.63) is 48.0 Å². The van der Waals surface area contributed by atoms with Gasteiger partial charge in [-0.05, 0) is 23.8 Å². The Bertz CT molecular complexity index is 531. The molecule has 0 N–H and O–H groups in total. The van der Waals surface area contributed by atoms with E-state index in [-0.39, 0.29) is 11.9 Å². The van der Waals surface area contributed by atoms with Gasteiger partial charge in [-0.2, -0.15) is 0 Å². The van der Waals surface area contributed by atoms with Crippen molar-refractivity contribution in [2.75, 3.05) is 7.11 Å². The molecule has 0 bridgehead atoms. The molecule has 0 aliphatic heterocycles. The number of fused-ring (bicyclic) bond motifs is 1. The summed E-state index contributed by atoms with van der Waals surface area (Å²) in [6.07, 6.45) is 0.392. The van der Waals surface area contributed by atoms with Gasteiger partial charge in [0.1, 0.15) is 0 Å². The lowest BCUT2D eigenvalue weighted by Gasteiger charge is -2.08. The van der Waals surface area contributed by atoms with E-state index in [1.54, 1.807) is 7.11 Å². The zero-order valence-corrected chi connectivity index (χ0v) is 10.1. The molecule has 0 amide bonds. The first-order valence-electron chi connectivity index (χ1n) is 5.75. The van der Waals surface area contributed by atoms with Crippen molar-refractivity contribution in [3.8, 4) is 0 Å². The number of ether oxygens (including phenoxy) is 1. The van der Waals surface area contributed by atoms with E-state index in [1.165, 1.54) is 0 Å². The van der Waals surface area contributed by atoms with Crippen molar-refractivity contribution in [2.24, 2.45) is 0 Å². The van der Waals surface area contributed by atoms with Crippen LogP contribution in [0, 0.1) is 0 Å². The van der Waals surface area contributed by atoms with Crippen molar-refractivity contribution >= 4 is 16.6 Å². The maximum absolute atomic E-state index is 12.0. The summed E-state index contributed by atoms with van der Waals surface area (Å²) in [7, 11) is 1.62. The zero-order chi connectivity index (χ0) is 12.3. The Labute approximate surface area is 101 Å². The lowest BCUT2D eigenvalue weighted by atomic mass is 10.0. The minimum atomic E-state index is -0.0334. The van der Waals surface area contributed by atoms with Crippen LogP contribution in [-0.2, 0) is 4.74 Å². The van der Waals surface area contributed by atoms with Crippen LogP contribution in [0.25, 0.3) is 10.8 Å². The van der Waals surface area contributed by atoms with Gasteiger partial charge in [0.25, 0.3) is 0 Å². The molecule has 0 heterocycles. The summed E-state index contributed by atoms with van der Waals surface area (Å²) in [5.41, 5.74) is 0.757. The van der Waals surface area contributed by atoms with Gasteiger partial charge in [-0.3, -0.25) is 4.79 Å². The van der Waals surface area contributed by atoms with E-state index in [2.05, 4.69) is 0 Å². The number of Topliss-reactive ketones (excluding diaryl/α,β-unsaturated/α-hetero) is 1. The van der Waals surface area contributed by atoms with Gasteiger partial charge in [-0.1, -0.05) is 36.4 Å². The number of hydrogen-bond acceptors (Lipinski definition) is 2. The summed E-state index contributed by atoms with van der Waals surface area (Å²) in [6, 6.07) is 13.9. The fraction of sp³-hybridized carbons (Fsp3) is 0.267. The molecule has 1 atom stereocenters. The molecule has 0 aromatic heterocycles. The third-order valence-corrected chi connectivity index (χ3v) is 2.95. The monoisotopic (exact) mass is 228 g/mol. The van der Waals surface area contributed by atoms with Gasteiger partial charge in [0.05, 0.1) is 6.10 Å². The molecule has 0 saturated carbocycles. The van der Waals surface area contributed by atoms with E-state index >= 15 is 0 Å². The summed E-state index contributed by atoms with van der Waals surface area (Å²) in [6.45, 7) is 1.90. The number of benzene rings is 2. The first-order chi connectivity index (χ1) is 8.20. The van der Waals surface area contributed by atoms with Crippen LogP contribution in [0.4, 0.5) is 0 Å². The second-order valence-corrected chi connectivity index (χ2v) is 4.24. The van der Waals surface area contributed by atoms with Crippen LogP contribution in [0.3, 0.4) is 0 Å². The molecule has 0 radical (unpaired) electrons. The summed E-state index contributed by atoms with van der Waals surface area (Å²) in [4.78, 5) is 12.0. The largest absolute Gasteiger partial charge is 0.381 e. The zero-order valence-electron chi connectivity index (χ0n) is 10.1. The molecule has 0 spiro atoms. The minimum absolute atomic E-state index is 0.0334. The number of carbonyl (C=O) groups excluding carboxylic acids is 1. The predicted molar refractivity (Wildman–Crippen MR) is 69.4 cm³/mol. The van der Waals surface area contributed by atoms with Crippen LogP contribution >= 0.6 is 0 Å². The Hall–Kier alpha value is -1.67. The third kappa shape index (κ3) is 2.71. The number of ketones is 1. The average molecular weight is 228 g/mol. The Morgan fingerprint density at radius 3 is 2.59 bits per heavy atom. The van der Waals surface area contributed by atoms with Crippen molar-refractivity contribution in [2.45, 2.75) is 19.4 Å². The smallest absolute Gasteiger partial charge is 0.165 e. The topological polar surface area (TPSA) is 26.3 Å². The van der Waals surface area contributed by atoms with Crippen molar-refractivity contribution < 1.29 is 9.53 Å².